The molecule has 0 aliphatic rings. The van der Waals surface area contributed by atoms with Crippen LogP contribution in [0.5, 0.6) is 0 Å². The van der Waals surface area contributed by atoms with Crippen molar-refractivity contribution in [2.45, 2.75) is 367 Å². The van der Waals surface area contributed by atoms with E-state index in [0.29, 0.717) is 0 Å². The van der Waals surface area contributed by atoms with Crippen LogP contribution < -0.4 is 21.3 Å². The van der Waals surface area contributed by atoms with E-state index < -0.39 is 0 Å². The van der Waals surface area contributed by atoms with Crippen molar-refractivity contribution in [3.63, 3.8) is 0 Å². The van der Waals surface area contributed by atoms with Gasteiger partial charge in [0.25, 0.3) is 0 Å². The lowest BCUT2D eigenvalue weighted by Crippen LogP contribution is -2.35. The van der Waals surface area contributed by atoms with Gasteiger partial charge in [0.2, 0.25) is 0 Å². The highest BCUT2D eigenvalue weighted by molar-refractivity contribution is 4.70. The molecular weight excluding hydrogens is 813 g/mol. The molecule has 0 amide bonds. The molecule has 0 bridgehead atoms. The molecule has 0 aliphatic heterocycles. The first-order chi connectivity index (χ1) is 33.3. The summed E-state index contributed by atoms with van der Waals surface area (Å²) < 4.78 is 0. The second kappa shape index (κ2) is 62.0. The van der Waals surface area contributed by atoms with Crippen LogP contribution in [0.15, 0.2) is 0 Å². The van der Waals surface area contributed by atoms with Crippen molar-refractivity contribution in [1.82, 2.24) is 21.3 Å². The summed E-state index contributed by atoms with van der Waals surface area (Å²) in [5.74, 6) is 0. The van der Waals surface area contributed by atoms with Crippen LogP contribution in [-0.4, -0.2) is 51.4 Å². The van der Waals surface area contributed by atoms with Gasteiger partial charge in [0.1, 0.15) is 0 Å². The number of rotatable bonds is 62. The lowest BCUT2D eigenvalue weighted by atomic mass is 9.99. The summed E-state index contributed by atoms with van der Waals surface area (Å²) in [5.41, 5.74) is 0. The van der Waals surface area contributed by atoms with Gasteiger partial charge in [-0.15, -0.1) is 0 Å². The van der Waals surface area contributed by atoms with Gasteiger partial charge in [-0.2, -0.15) is 0 Å². The van der Waals surface area contributed by atoms with Crippen LogP contribution in [0.2, 0.25) is 0 Å². The highest BCUT2D eigenvalue weighted by Crippen LogP contribution is 2.19. The Morgan fingerprint density at radius 3 is 0.657 bits per heavy atom. The Labute approximate surface area is 426 Å². The van der Waals surface area contributed by atoms with Crippen molar-refractivity contribution in [2.24, 2.45) is 0 Å². The summed E-state index contributed by atoms with van der Waals surface area (Å²) in [6, 6.07) is 1.46. The monoisotopic (exact) mass is 945 g/mol. The maximum atomic E-state index is 4.03. The van der Waals surface area contributed by atoms with Crippen LogP contribution in [-0.2, 0) is 0 Å². The van der Waals surface area contributed by atoms with Crippen molar-refractivity contribution >= 4 is 0 Å². The smallest absolute Gasteiger partial charge is 0.00793 e. The molecule has 0 aromatic carbocycles. The molecule has 4 heteroatoms. The molecule has 0 rings (SSSR count). The fraction of sp³-hybridized carbons (Fsp3) is 1.00. The van der Waals surface area contributed by atoms with E-state index in [2.05, 4.69) is 49.0 Å². The third-order valence-corrected chi connectivity index (χ3v) is 15.3. The minimum Gasteiger partial charge on any atom is -0.317 e. The summed E-state index contributed by atoms with van der Waals surface area (Å²) in [7, 11) is 0. The Balaban J connectivity index is 4.23. The summed E-state index contributed by atoms with van der Waals surface area (Å²) in [6.07, 6.45) is 72.9. The van der Waals surface area contributed by atoms with Gasteiger partial charge in [-0.05, 0) is 71.1 Å². The van der Waals surface area contributed by atoms with E-state index in [-0.39, 0.29) is 0 Å². The minimum absolute atomic E-state index is 0.724. The highest BCUT2D eigenvalue weighted by atomic mass is 15.0. The third-order valence-electron chi connectivity index (χ3n) is 15.3. The zero-order valence-corrected chi connectivity index (χ0v) is 47.5. The van der Waals surface area contributed by atoms with Crippen molar-refractivity contribution in [2.75, 3.05) is 39.3 Å². The van der Waals surface area contributed by atoms with E-state index in [0.717, 1.165) is 38.3 Å². The maximum absolute atomic E-state index is 4.03. The molecule has 0 aromatic rings. The molecule has 0 saturated carbocycles. The SMILES string of the molecule is CCCCCCCCCCCCCC(CCCCCCCCCCCCC)NCCCNCCCCNCCNC(CCCCCCCCCCCCC)CCCCCCCCCCCCC. The summed E-state index contributed by atoms with van der Waals surface area (Å²) in [6.45, 7) is 16.2. The molecule has 0 heterocycles. The van der Waals surface area contributed by atoms with E-state index in [1.165, 1.54) is 341 Å². The van der Waals surface area contributed by atoms with E-state index in [9.17, 15) is 0 Å². The third kappa shape index (κ3) is 58.3. The molecule has 4 nitrogen and oxygen atoms in total. The van der Waals surface area contributed by atoms with Gasteiger partial charge in [-0.25, -0.2) is 0 Å². The van der Waals surface area contributed by atoms with Gasteiger partial charge in [0.15, 0.2) is 0 Å². The predicted octanol–water partition coefficient (Wildman–Crippen LogP) is 20.1. The van der Waals surface area contributed by atoms with Gasteiger partial charge < -0.3 is 21.3 Å². The van der Waals surface area contributed by atoms with Crippen molar-refractivity contribution in [1.29, 1.82) is 0 Å². The molecule has 4 N–H and O–H groups in total. The lowest BCUT2D eigenvalue weighted by molar-refractivity contribution is 0.405. The number of nitrogens with one attached hydrogen (secondary N) is 4. The number of hydrogen-bond donors (Lipinski definition) is 4. The average molecular weight is 946 g/mol. The minimum atomic E-state index is 0.724. The fourth-order valence-corrected chi connectivity index (χ4v) is 10.6. The normalized spacial score (nSPS) is 11.9. The Morgan fingerprint density at radius 1 is 0.179 bits per heavy atom. The van der Waals surface area contributed by atoms with Crippen molar-refractivity contribution in [3.8, 4) is 0 Å². The first-order valence-electron chi connectivity index (χ1n) is 32.2. The zero-order valence-electron chi connectivity index (χ0n) is 47.5. The highest BCUT2D eigenvalue weighted by Gasteiger charge is 2.10. The van der Waals surface area contributed by atoms with Crippen LogP contribution in [0.1, 0.15) is 355 Å². The second-order valence-corrected chi connectivity index (χ2v) is 22.2. The van der Waals surface area contributed by atoms with Gasteiger partial charge in [-0.1, -0.05) is 310 Å². The quantitative estimate of drug-likeness (QED) is 0.0459. The summed E-state index contributed by atoms with van der Waals surface area (Å²) in [5, 5.41) is 15.6. The van der Waals surface area contributed by atoms with Crippen molar-refractivity contribution in [3.05, 3.63) is 0 Å². The molecule has 0 saturated heterocycles. The lowest BCUT2D eigenvalue weighted by Gasteiger charge is -2.19. The van der Waals surface area contributed by atoms with Crippen LogP contribution in [0.25, 0.3) is 0 Å². The molecule has 0 spiro atoms. The Bertz CT molecular complexity index is 717. The molecule has 0 aromatic heterocycles. The largest absolute Gasteiger partial charge is 0.317 e. The van der Waals surface area contributed by atoms with Gasteiger partial charge >= 0.3 is 0 Å². The first-order valence-corrected chi connectivity index (χ1v) is 32.2. The number of hydrogen-bond acceptors (Lipinski definition) is 4. The molecule has 67 heavy (non-hydrogen) atoms. The Morgan fingerprint density at radius 2 is 0.388 bits per heavy atom. The Hall–Kier alpha value is -0.160. The fourth-order valence-electron chi connectivity index (χ4n) is 10.6. The van der Waals surface area contributed by atoms with E-state index in [1.807, 2.05) is 0 Å². The first kappa shape index (κ1) is 66.8. The standard InChI is InChI=1S/C63H132N4/c1-5-9-13-17-21-25-29-33-37-41-45-52-62(53-46-42-38-34-30-26-22-18-14-10-6-2)66-59-51-58-64-56-49-50-57-65-60-61-67-63(54-47-43-39-35-31-27-23-19-15-11-7-3)55-48-44-40-36-32-28-24-20-16-12-8-4/h62-67H,5-61H2,1-4H3. The topological polar surface area (TPSA) is 48.1 Å². The summed E-state index contributed by atoms with van der Waals surface area (Å²) in [4.78, 5) is 0. The van der Waals surface area contributed by atoms with Crippen molar-refractivity contribution < 1.29 is 0 Å². The van der Waals surface area contributed by atoms with Crippen LogP contribution in [0.3, 0.4) is 0 Å². The Kier molecular flexibility index (Phi) is 61.8. The van der Waals surface area contributed by atoms with E-state index >= 15 is 0 Å². The molecule has 0 fully saturated rings. The van der Waals surface area contributed by atoms with Gasteiger partial charge in [0, 0.05) is 25.2 Å². The molecule has 0 radical (unpaired) electrons. The molecular formula is C63H132N4. The zero-order chi connectivity index (χ0) is 48.3. The molecule has 0 aliphatic carbocycles. The van der Waals surface area contributed by atoms with E-state index in [1.54, 1.807) is 0 Å². The number of unbranched alkanes of at least 4 members (excludes halogenated alkanes) is 41. The average Bonchev–Trinajstić information content (AvgIpc) is 3.34. The van der Waals surface area contributed by atoms with Gasteiger partial charge in [0.05, 0.1) is 0 Å². The molecule has 0 atom stereocenters. The van der Waals surface area contributed by atoms with Gasteiger partial charge in [-0.3, -0.25) is 0 Å². The molecule has 0 unspecified atom stereocenters. The van der Waals surface area contributed by atoms with Crippen LogP contribution in [0.4, 0.5) is 0 Å². The van der Waals surface area contributed by atoms with Crippen LogP contribution >= 0.6 is 0 Å². The maximum Gasteiger partial charge on any atom is 0.00793 e. The van der Waals surface area contributed by atoms with Crippen LogP contribution in [0, 0.1) is 0 Å². The second-order valence-electron chi connectivity index (χ2n) is 22.2. The molecule has 404 valence electrons. The predicted molar refractivity (Wildman–Crippen MR) is 307 cm³/mol. The van der Waals surface area contributed by atoms with E-state index in [4.69, 9.17) is 0 Å². The summed E-state index contributed by atoms with van der Waals surface area (Å²) >= 11 is 0.